The van der Waals surface area contributed by atoms with Gasteiger partial charge in [0.25, 0.3) is 0 Å². The van der Waals surface area contributed by atoms with Gasteiger partial charge in [-0.05, 0) is 43.3 Å². The summed E-state index contributed by atoms with van der Waals surface area (Å²) < 4.78 is 45.1. The van der Waals surface area contributed by atoms with Crippen LogP contribution in [0.3, 0.4) is 0 Å². The van der Waals surface area contributed by atoms with E-state index < -0.39 is 21.9 Å². The van der Waals surface area contributed by atoms with Crippen molar-refractivity contribution in [1.29, 1.82) is 0 Å². The van der Waals surface area contributed by atoms with E-state index in [0.29, 0.717) is 10.6 Å². The number of sulfonamides is 1. The van der Waals surface area contributed by atoms with Gasteiger partial charge in [0.1, 0.15) is 5.82 Å². The molecule has 0 saturated heterocycles. The monoisotopic (exact) mass is 381 g/mol. The van der Waals surface area contributed by atoms with Crippen molar-refractivity contribution in [2.24, 2.45) is 0 Å². The number of hydrogen-bond acceptors (Lipinski definition) is 5. The van der Waals surface area contributed by atoms with Gasteiger partial charge in [-0.1, -0.05) is 28.9 Å². The molecule has 0 bridgehead atoms. The van der Waals surface area contributed by atoms with Gasteiger partial charge in [-0.3, -0.25) is 0 Å². The van der Waals surface area contributed by atoms with Crippen LogP contribution in [0.4, 0.5) is 4.39 Å². The highest BCUT2D eigenvalue weighted by Gasteiger charge is 2.23. The second kappa shape index (κ2) is 6.91. The molecule has 1 N–H and O–H groups in total. The molecule has 0 fully saturated rings. The van der Waals surface area contributed by atoms with E-state index in [4.69, 9.17) is 16.1 Å². The number of nitrogens with zero attached hydrogens (tertiary/aromatic N) is 2. The highest BCUT2D eigenvalue weighted by Crippen LogP contribution is 2.26. The Bertz CT molecular complexity index is 990. The van der Waals surface area contributed by atoms with E-state index in [-0.39, 0.29) is 16.6 Å². The molecular weight excluding hydrogens is 369 g/mol. The Hall–Kier alpha value is -2.29. The van der Waals surface area contributed by atoms with Gasteiger partial charge >= 0.3 is 0 Å². The van der Waals surface area contributed by atoms with E-state index in [2.05, 4.69) is 14.9 Å². The number of hydrogen-bond donors (Lipinski definition) is 1. The Balaban J connectivity index is 1.81. The van der Waals surface area contributed by atoms with E-state index in [0.717, 1.165) is 12.1 Å². The van der Waals surface area contributed by atoms with Crippen molar-refractivity contribution in [2.45, 2.75) is 17.9 Å². The molecular formula is C16H13ClFN3O3S. The maximum atomic E-state index is 12.9. The third kappa shape index (κ3) is 3.87. The van der Waals surface area contributed by atoms with E-state index in [1.54, 1.807) is 31.2 Å². The first-order valence-electron chi connectivity index (χ1n) is 7.23. The Morgan fingerprint density at radius 2 is 1.84 bits per heavy atom. The molecule has 0 spiro atoms. The normalized spacial score (nSPS) is 12.9. The molecule has 2 aromatic carbocycles. The third-order valence-corrected chi connectivity index (χ3v) is 5.27. The number of rotatable bonds is 5. The van der Waals surface area contributed by atoms with Crippen molar-refractivity contribution in [3.8, 4) is 11.4 Å². The van der Waals surface area contributed by atoms with Crippen LogP contribution in [0.5, 0.6) is 0 Å². The zero-order valence-corrected chi connectivity index (χ0v) is 14.6. The van der Waals surface area contributed by atoms with Crippen molar-refractivity contribution in [2.75, 3.05) is 0 Å². The fourth-order valence-corrected chi connectivity index (χ4v) is 3.54. The van der Waals surface area contributed by atoms with Crippen molar-refractivity contribution in [3.63, 3.8) is 0 Å². The Labute approximate surface area is 148 Å². The summed E-state index contributed by atoms with van der Waals surface area (Å²) in [5.41, 5.74) is 0.577. The lowest BCUT2D eigenvalue weighted by Gasteiger charge is -2.10. The van der Waals surface area contributed by atoms with Crippen molar-refractivity contribution >= 4 is 21.6 Å². The average molecular weight is 382 g/mol. The van der Waals surface area contributed by atoms with Crippen LogP contribution < -0.4 is 4.72 Å². The van der Waals surface area contributed by atoms with Gasteiger partial charge in [-0.15, -0.1) is 0 Å². The highest BCUT2D eigenvalue weighted by atomic mass is 35.5. The molecule has 1 heterocycles. The first kappa shape index (κ1) is 17.5. The molecule has 3 aromatic rings. The number of aromatic nitrogens is 2. The molecule has 3 rings (SSSR count). The molecule has 0 unspecified atom stereocenters. The quantitative estimate of drug-likeness (QED) is 0.730. The first-order valence-corrected chi connectivity index (χ1v) is 9.09. The van der Waals surface area contributed by atoms with E-state index in [1.165, 1.54) is 12.1 Å². The summed E-state index contributed by atoms with van der Waals surface area (Å²) >= 11 is 6.08. The van der Waals surface area contributed by atoms with Crippen LogP contribution in [-0.4, -0.2) is 18.6 Å². The smallest absolute Gasteiger partial charge is 0.244 e. The fraction of sp³-hybridized carbons (Fsp3) is 0.125. The average Bonchev–Trinajstić information content (AvgIpc) is 3.05. The molecule has 130 valence electrons. The Morgan fingerprint density at radius 3 is 2.52 bits per heavy atom. The van der Waals surface area contributed by atoms with Crippen LogP contribution in [0.15, 0.2) is 57.9 Å². The molecule has 0 saturated carbocycles. The van der Waals surface area contributed by atoms with E-state index >= 15 is 0 Å². The zero-order valence-electron chi connectivity index (χ0n) is 13.0. The maximum Gasteiger partial charge on any atom is 0.244 e. The molecule has 0 radical (unpaired) electrons. The summed E-state index contributed by atoms with van der Waals surface area (Å²) in [4.78, 5) is 4.12. The van der Waals surface area contributed by atoms with Crippen LogP contribution >= 0.6 is 11.6 Å². The summed E-state index contributed by atoms with van der Waals surface area (Å²) in [6, 6.07) is 10.7. The minimum absolute atomic E-state index is 0.0633. The van der Waals surface area contributed by atoms with E-state index in [1.807, 2.05) is 0 Å². The number of halogens is 2. The molecule has 6 nitrogen and oxygen atoms in total. The third-order valence-electron chi connectivity index (χ3n) is 3.38. The highest BCUT2D eigenvalue weighted by molar-refractivity contribution is 7.89. The standard InChI is InChI=1S/C16H13ClFN3O3S/c1-10(21-25(22,23)12-8-6-11(18)7-9-12)16-19-15(20-24-16)13-4-2-3-5-14(13)17/h2-10,21H,1H3/t10-/m0/s1. The molecule has 0 aliphatic rings. The van der Waals surface area contributed by atoms with Gasteiger partial charge in [-0.25, -0.2) is 12.8 Å². The number of benzene rings is 2. The minimum Gasteiger partial charge on any atom is -0.337 e. The Kier molecular flexibility index (Phi) is 4.85. The van der Waals surface area contributed by atoms with Crippen LogP contribution in [0.2, 0.25) is 5.02 Å². The lowest BCUT2D eigenvalue weighted by atomic mass is 10.2. The predicted molar refractivity (Wildman–Crippen MR) is 89.9 cm³/mol. The largest absolute Gasteiger partial charge is 0.337 e. The van der Waals surface area contributed by atoms with Gasteiger partial charge in [0, 0.05) is 5.56 Å². The van der Waals surface area contributed by atoms with Crippen LogP contribution in [0.25, 0.3) is 11.4 Å². The second-order valence-electron chi connectivity index (χ2n) is 5.23. The van der Waals surface area contributed by atoms with Gasteiger partial charge in [0.2, 0.25) is 21.7 Å². The summed E-state index contributed by atoms with van der Waals surface area (Å²) in [7, 11) is -3.86. The Morgan fingerprint density at radius 1 is 1.16 bits per heavy atom. The topological polar surface area (TPSA) is 85.1 Å². The van der Waals surface area contributed by atoms with E-state index in [9.17, 15) is 12.8 Å². The van der Waals surface area contributed by atoms with Crippen LogP contribution in [-0.2, 0) is 10.0 Å². The summed E-state index contributed by atoms with van der Waals surface area (Å²) in [5.74, 6) is -0.178. The molecule has 25 heavy (non-hydrogen) atoms. The number of nitrogens with one attached hydrogen (secondary N) is 1. The molecule has 1 atom stereocenters. The zero-order chi connectivity index (χ0) is 18.0. The summed E-state index contributed by atoms with van der Waals surface area (Å²) in [6.07, 6.45) is 0. The SMILES string of the molecule is C[C@H](NS(=O)(=O)c1ccc(F)cc1)c1nc(-c2ccccc2Cl)no1. The van der Waals surface area contributed by atoms with Crippen LogP contribution in [0.1, 0.15) is 18.9 Å². The van der Waals surface area contributed by atoms with Crippen LogP contribution in [0, 0.1) is 5.82 Å². The molecule has 0 aliphatic heterocycles. The maximum absolute atomic E-state index is 12.9. The molecule has 9 heteroatoms. The molecule has 1 aromatic heterocycles. The van der Waals surface area contributed by atoms with Crippen molar-refractivity contribution in [1.82, 2.24) is 14.9 Å². The lowest BCUT2D eigenvalue weighted by molar-refractivity contribution is 0.354. The van der Waals surface area contributed by atoms with Crippen molar-refractivity contribution < 1.29 is 17.3 Å². The predicted octanol–water partition coefficient (Wildman–Crippen LogP) is 3.57. The molecule has 0 aliphatic carbocycles. The van der Waals surface area contributed by atoms with Gasteiger partial charge in [-0.2, -0.15) is 9.71 Å². The molecule has 0 amide bonds. The minimum atomic E-state index is -3.86. The fourth-order valence-electron chi connectivity index (χ4n) is 2.13. The van der Waals surface area contributed by atoms with Gasteiger partial charge in [0.15, 0.2) is 0 Å². The lowest BCUT2D eigenvalue weighted by Crippen LogP contribution is -2.27. The first-order chi connectivity index (χ1) is 11.9. The second-order valence-corrected chi connectivity index (χ2v) is 7.35. The summed E-state index contributed by atoms with van der Waals surface area (Å²) in [5, 5.41) is 4.28. The summed E-state index contributed by atoms with van der Waals surface area (Å²) in [6.45, 7) is 1.56. The van der Waals surface area contributed by atoms with Gasteiger partial charge < -0.3 is 4.52 Å². The van der Waals surface area contributed by atoms with Gasteiger partial charge in [0.05, 0.1) is 16.0 Å². The van der Waals surface area contributed by atoms with Crippen molar-refractivity contribution in [3.05, 3.63) is 65.3 Å².